The molecule has 3 rings (SSSR count). The van der Waals surface area contributed by atoms with Gasteiger partial charge in [0.2, 0.25) is 5.91 Å². The fourth-order valence-corrected chi connectivity index (χ4v) is 8.04. The van der Waals surface area contributed by atoms with Crippen LogP contribution in [0, 0.1) is 17.6 Å². The van der Waals surface area contributed by atoms with Crippen LogP contribution in [0.25, 0.3) is 0 Å². The zero-order valence-corrected chi connectivity index (χ0v) is 28.8. The number of aryl methyl sites for hydroxylation is 1. The lowest BCUT2D eigenvalue weighted by Crippen LogP contribution is -2.50. The van der Waals surface area contributed by atoms with Gasteiger partial charge in [-0.15, -0.1) is 0 Å². The number of halogens is 2. The van der Waals surface area contributed by atoms with E-state index in [0.717, 1.165) is 35.7 Å². The zero-order valence-electron chi connectivity index (χ0n) is 27.9. The number of hydrogen-bond acceptors (Lipinski definition) is 7. The van der Waals surface area contributed by atoms with Gasteiger partial charge < -0.3 is 21.1 Å². The molecule has 48 heavy (non-hydrogen) atoms. The van der Waals surface area contributed by atoms with Gasteiger partial charge in [0, 0.05) is 49.7 Å². The lowest BCUT2D eigenvalue weighted by molar-refractivity contribution is -0.137. The minimum Gasteiger partial charge on any atom is -0.390 e. The third-order valence-corrected chi connectivity index (χ3v) is 10.7. The van der Waals surface area contributed by atoms with Gasteiger partial charge in [0.15, 0.2) is 9.84 Å². The van der Waals surface area contributed by atoms with Gasteiger partial charge in [-0.3, -0.25) is 14.6 Å². The number of pyridine rings is 1. The van der Waals surface area contributed by atoms with E-state index in [9.17, 15) is 31.9 Å². The van der Waals surface area contributed by atoms with Crippen LogP contribution in [0.4, 0.5) is 8.78 Å². The molecule has 0 aliphatic rings. The summed E-state index contributed by atoms with van der Waals surface area (Å²) in [5, 5.41) is 13.3. The van der Waals surface area contributed by atoms with Gasteiger partial charge in [-0.25, -0.2) is 17.2 Å². The summed E-state index contributed by atoms with van der Waals surface area (Å²) in [5.41, 5.74) is 8.62. The molecule has 1 unspecified atom stereocenters. The van der Waals surface area contributed by atoms with Crippen LogP contribution in [0.3, 0.4) is 0 Å². The lowest BCUT2D eigenvalue weighted by Gasteiger charge is -2.32. The molecule has 3 aromatic rings. The number of aliphatic hydroxyl groups is 1. The molecule has 9 nitrogen and oxygen atoms in total. The molecule has 0 spiro atoms. The summed E-state index contributed by atoms with van der Waals surface area (Å²) in [7, 11) is -3.78. The number of nitrogens with zero attached hydrogens (tertiary/aromatic N) is 2. The van der Waals surface area contributed by atoms with Gasteiger partial charge in [-0.05, 0) is 66.6 Å². The minimum atomic E-state index is -3.78. The standard InChI is InChI=1S/C36H48F2N4O5S/c1-4-8-32(9-5-2)48(46,47)24-29(21-41-35(44)28-12-14-40-15-13-28)36(45)42(22-26-11-7-10-25(6-3)16-26)23-34(43)33(39)19-27-17-30(37)20-31(38)18-27/h7,10-18,20,29,32-34,43H,4-6,8-9,19,21-24,39H2,1-3H3,(H,41,44)/t29?,33-,34+/m0/s1. The van der Waals surface area contributed by atoms with Crippen LogP contribution in [0.15, 0.2) is 67.0 Å². The molecule has 2 amide bonds. The number of hydrogen-bond donors (Lipinski definition) is 3. The second kappa shape index (κ2) is 18.7. The van der Waals surface area contributed by atoms with Gasteiger partial charge >= 0.3 is 0 Å². The molecule has 12 heteroatoms. The summed E-state index contributed by atoms with van der Waals surface area (Å²) in [6, 6.07) is 12.6. The summed E-state index contributed by atoms with van der Waals surface area (Å²) in [6.45, 7) is 5.30. The average Bonchev–Trinajstić information content (AvgIpc) is 3.05. The molecule has 3 atom stereocenters. The van der Waals surface area contributed by atoms with Crippen LogP contribution >= 0.6 is 0 Å². The van der Waals surface area contributed by atoms with E-state index in [1.165, 1.54) is 29.4 Å². The van der Waals surface area contributed by atoms with E-state index in [-0.39, 0.29) is 31.6 Å². The number of nitrogens with two attached hydrogens (primary N) is 1. The highest BCUT2D eigenvalue weighted by Gasteiger charge is 2.35. The molecule has 0 bridgehead atoms. The Kier molecular flexibility index (Phi) is 15.1. The molecule has 262 valence electrons. The summed E-state index contributed by atoms with van der Waals surface area (Å²) in [4.78, 5) is 32.7. The third-order valence-electron chi connectivity index (χ3n) is 8.34. The van der Waals surface area contributed by atoms with E-state index < -0.39 is 62.4 Å². The maximum atomic E-state index is 14.4. The van der Waals surface area contributed by atoms with Crippen molar-refractivity contribution in [3.8, 4) is 0 Å². The Labute approximate surface area is 282 Å². The Morgan fingerprint density at radius 3 is 2.17 bits per heavy atom. The van der Waals surface area contributed by atoms with Crippen molar-refractivity contribution in [1.29, 1.82) is 0 Å². The number of carbonyl (C=O) groups excluding carboxylic acids is 2. The van der Waals surface area contributed by atoms with Crippen LogP contribution in [0.2, 0.25) is 0 Å². The fraction of sp³-hybridized carbons (Fsp3) is 0.472. The zero-order chi connectivity index (χ0) is 35.3. The van der Waals surface area contributed by atoms with Crippen LogP contribution in [0.1, 0.15) is 73.5 Å². The molecule has 1 aromatic heterocycles. The number of sulfone groups is 1. The van der Waals surface area contributed by atoms with Gasteiger partial charge in [-0.1, -0.05) is 57.9 Å². The highest BCUT2D eigenvalue weighted by molar-refractivity contribution is 7.92. The SMILES string of the molecule is CCCC(CCC)S(=O)(=O)CC(CNC(=O)c1ccncc1)C(=O)N(Cc1cccc(CC)c1)C[C@@H](O)[C@@H](N)Cc1cc(F)cc(F)c1. The number of rotatable bonds is 19. The second-order valence-corrected chi connectivity index (χ2v) is 14.6. The van der Waals surface area contributed by atoms with Crippen LogP contribution in [-0.4, -0.2) is 71.5 Å². The Morgan fingerprint density at radius 2 is 1.56 bits per heavy atom. The third kappa shape index (κ3) is 11.7. The molecule has 0 saturated carbocycles. The molecule has 4 N–H and O–H groups in total. The quantitative estimate of drug-likeness (QED) is 0.167. The first-order valence-corrected chi connectivity index (χ1v) is 18.2. The highest BCUT2D eigenvalue weighted by atomic mass is 32.2. The highest BCUT2D eigenvalue weighted by Crippen LogP contribution is 2.21. The maximum absolute atomic E-state index is 14.4. The second-order valence-electron chi connectivity index (χ2n) is 12.3. The Morgan fingerprint density at radius 1 is 0.938 bits per heavy atom. The molecule has 1 heterocycles. The van der Waals surface area contributed by atoms with E-state index in [2.05, 4.69) is 10.3 Å². The number of nitrogens with one attached hydrogen (secondary N) is 1. The molecule has 0 saturated heterocycles. The van der Waals surface area contributed by atoms with Crippen molar-refractivity contribution < 1.29 is 31.9 Å². The van der Waals surface area contributed by atoms with Crippen molar-refractivity contribution in [3.63, 3.8) is 0 Å². The molecular weight excluding hydrogens is 638 g/mol. The Hall–Kier alpha value is -3.74. The van der Waals surface area contributed by atoms with Gasteiger partial charge in [-0.2, -0.15) is 0 Å². The Balaban J connectivity index is 1.95. The van der Waals surface area contributed by atoms with E-state index in [0.29, 0.717) is 31.2 Å². The monoisotopic (exact) mass is 686 g/mol. The smallest absolute Gasteiger partial charge is 0.251 e. The number of carbonyl (C=O) groups is 2. The minimum absolute atomic E-state index is 0.0350. The Bertz CT molecular complexity index is 1570. The molecule has 0 fully saturated rings. The van der Waals surface area contributed by atoms with Crippen molar-refractivity contribution in [2.45, 2.75) is 83.2 Å². The summed E-state index contributed by atoms with van der Waals surface area (Å²) in [5.74, 6) is -4.29. The van der Waals surface area contributed by atoms with Crippen molar-refractivity contribution in [2.75, 3.05) is 18.8 Å². The molecule has 0 aliphatic heterocycles. The van der Waals surface area contributed by atoms with Crippen LogP contribution in [0.5, 0.6) is 0 Å². The normalized spacial score (nSPS) is 13.6. The fourth-order valence-electron chi connectivity index (χ4n) is 5.76. The number of benzene rings is 2. The predicted molar refractivity (Wildman–Crippen MR) is 183 cm³/mol. The van der Waals surface area contributed by atoms with Crippen molar-refractivity contribution in [2.24, 2.45) is 11.7 Å². The molecule has 0 aliphatic carbocycles. The molecular formula is C36H48F2N4O5S. The summed E-state index contributed by atoms with van der Waals surface area (Å²) < 4.78 is 55.2. The number of aromatic nitrogens is 1. The summed E-state index contributed by atoms with van der Waals surface area (Å²) >= 11 is 0. The number of aliphatic hydroxyl groups excluding tert-OH is 1. The first-order chi connectivity index (χ1) is 22.9. The van der Waals surface area contributed by atoms with Crippen LogP contribution in [-0.2, 0) is 34.0 Å². The van der Waals surface area contributed by atoms with Crippen molar-refractivity contribution in [1.82, 2.24) is 15.2 Å². The lowest BCUT2D eigenvalue weighted by atomic mass is 10.00. The van der Waals surface area contributed by atoms with E-state index in [1.54, 1.807) is 0 Å². The molecule has 0 radical (unpaired) electrons. The maximum Gasteiger partial charge on any atom is 0.251 e. The summed E-state index contributed by atoms with van der Waals surface area (Å²) in [6.07, 6.45) is 4.46. The van der Waals surface area contributed by atoms with Crippen molar-refractivity contribution >= 4 is 21.7 Å². The topological polar surface area (TPSA) is 143 Å². The van der Waals surface area contributed by atoms with E-state index in [1.807, 2.05) is 45.0 Å². The van der Waals surface area contributed by atoms with Crippen LogP contribution < -0.4 is 11.1 Å². The number of amides is 2. The van der Waals surface area contributed by atoms with Gasteiger partial charge in [0.25, 0.3) is 5.91 Å². The van der Waals surface area contributed by atoms with Gasteiger partial charge in [0.05, 0.1) is 23.0 Å². The first kappa shape index (κ1) is 38.7. The van der Waals surface area contributed by atoms with E-state index in [4.69, 9.17) is 5.73 Å². The largest absolute Gasteiger partial charge is 0.390 e. The van der Waals surface area contributed by atoms with E-state index >= 15 is 0 Å². The first-order valence-electron chi connectivity index (χ1n) is 16.5. The van der Waals surface area contributed by atoms with Crippen molar-refractivity contribution in [3.05, 3.63) is 101 Å². The average molecular weight is 687 g/mol. The van der Waals surface area contributed by atoms with Gasteiger partial charge in [0.1, 0.15) is 11.6 Å². The molecule has 2 aromatic carbocycles. The predicted octanol–water partition coefficient (Wildman–Crippen LogP) is 4.61.